The molecule has 0 aliphatic carbocycles. The Balaban J connectivity index is 1.23. The van der Waals surface area contributed by atoms with Crippen LogP contribution in [0, 0.1) is 5.92 Å². The first-order valence-electron chi connectivity index (χ1n) is 12.1. The predicted octanol–water partition coefficient (Wildman–Crippen LogP) is 4.71. The van der Waals surface area contributed by atoms with E-state index in [2.05, 4.69) is 39.7 Å². The van der Waals surface area contributed by atoms with Crippen molar-refractivity contribution < 1.29 is 9.59 Å². The Morgan fingerprint density at radius 2 is 1.91 bits per heavy atom. The Hall–Kier alpha value is -4.00. The minimum absolute atomic E-state index is 0.0116. The minimum Gasteiger partial charge on any atom is -0.339 e. The second-order valence-electron chi connectivity index (χ2n) is 9.24. The summed E-state index contributed by atoms with van der Waals surface area (Å²) in [5, 5.41) is 9.34. The van der Waals surface area contributed by atoms with Gasteiger partial charge < -0.3 is 10.2 Å². The SMILES string of the molecule is Cn1cc(C(=O)Nc2cccc(C(=O)N3CCC[C@@H](Cc4cccc5ccncc45)CC3)c2)cn1. The second-order valence-corrected chi connectivity index (χ2v) is 9.24. The van der Waals surface area contributed by atoms with Crippen molar-refractivity contribution >= 4 is 28.3 Å². The number of anilines is 1. The zero-order valence-corrected chi connectivity index (χ0v) is 19.9. The van der Waals surface area contributed by atoms with Gasteiger partial charge in [0.05, 0.1) is 11.8 Å². The van der Waals surface area contributed by atoms with Crippen molar-refractivity contribution in [2.75, 3.05) is 18.4 Å². The molecule has 0 saturated carbocycles. The highest BCUT2D eigenvalue weighted by Gasteiger charge is 2.22. The third kappa shape index (κ3) is 5.24. The molecule has 0 bridgehead atoms. The molecule has 35 heavy (non-hydrogen) atoms. The lowest BCUT2D eigenvalue weighted by atomic mass is 9.91. The molecule has 3 heterocycles. The van der Waals surface area contributed by atoms with Gasteiger partial charge in [0, 0.05) is 55.4 Å². The lowest BCUT2D eigenvalue weighted by Gasteiger charge is -2.21. The van der Waals surface area contributed by atoms with Crippen LogP contribution < -0.4 is 5.32 Å². The van der Waals surface area contributed by atoms with E-state index in [9.17, 15) is 9.59 Å². The van der Waals surface area contributed by atoms with Crippen LogP contribution in [0.4, 0.5) is 5.69 Å². The number of amides is 2. The van der Waals surface area contributed by atoms with Crippen LogP contribution in [0.5, 0.6) is 0 Å². The normalized spacial score (nSPS) is 16.1. The van der Waals surface area contributed by atoms with Gasteiger partial charge in [0.25, 0.3) is 11.8 Å². The summed E-state index contributed by atoms with van der Waals surface area (Å²) in [5.74, 6) is 0.296. The molecular formula is C28H29N5O2. The van der Waals surface area contributed by atoms with Gasteiger partial charge in [-0.3, -0.25) is 19.3 Å². The van der Waals surface area contributed by atoms with Crippen LogP contribution in [0.2, 0.25) is 0 Å². The summed E-state index contributed by atoms with van der Waals surface area (Å²) in [6.45, 7) is 1.48. The lowest BCUT2D eigenvalue weighted by molar-refractivity contribution is 0.0759. The summed E-state index contributed by atoms with van der Waals surface area (Å²) in [7, 11) is 1.76. The van der Waals surface area contributed by atoms with Crippen LogP contribution in [-0.4, -0.2) is 44.6 Å². The molecule has 2 amide bonds. The van der Waals surface area contributed by atoms with Gasteiger partial charge in [-0.15, -0.1) is 0 Å². The average molecular weight is 468 g/mol. The summed E-state index contributed by atoms with van der Waals surface area (Å²) in [6.07, 6.45) is 11.0. The molecule has 0 unspecified atom stereocenters. The van der Waals surface area contributed by atoms with E-state index in [1.54, 1.807) is 36.1 Å². The Labute approximate surface area is 204 Å². The Bertz CT molecular complexity index is 1360. The number of carbonyl (C=O) groups excluding carboxylic acids is 2. The van der Waals surface area contributed by atoms with E-state index in [0.29, 0.717) is 22.7 Å². The molecular weight excluding hydrogens is 438 g/mol. The molecule has 1 aliphatic rings. The van der Waals surface area contributed by atoms with Crippen LogP contribution in [0.25, 0.3) is 10.8 Å². The van der Waals surface area contributed by atoms with Gasteiger partial charge in [0.15, 0.2) is 0 Å². The highest BCUT2D eigenvalue weighted by atomic mass is 16.2. The number of nitrogens with one attached hydrogen (secondary N) is 1. The average Bonchev–Trinajstić information content (AvgIpc) is 3.18. The largest absolute Gasteiger partial charge is 0.339 e. The molecule has 7 heteroatoms. The van der Waals surface area contributed by atoms with Crippen molar-refractivity contribution in [1.82, 2.24) is 19.7 Å². The lowest BCUT2D eigenvalue weighted by Crippen LogP contribution is -2.32. The van der Waals surface area contributed by atoms with E-state index in [4.69, 9.17) is 0 Å². The standard InChI is InChI=1S/C28H29N5O2/c1-32-19-24(17-30-32)27(34)31-25-9-3-8-23(16-25)28(35)33-13-4-5-20(11-14-33)15-22-7-2-6-21-10-12-29-18-26(21)22/h2-3,6-10,12,16-20H,4-5,11,13-15H2,1H3,(H,31,34)/t20-/m1/s1. The van der Waals surface area contributed by atoms with Crippen molar-refractivity contribution in [2.24, 2.45) is 13.0 Å². The summed E-state index contributed by atoms with van der Waals surface area (Å²) in [4.78, 5) is 32.0. The number of hydrogen-bond donors (Lipinski definition) is 1. The first-order valence-corrected chi connectivity index (χ1v) is 12.1. The van der Waals surface area contributed by atoms with Crippen molar-refractivity contribution in [3.63, 3.8) is 0 Å². The summed E-state index contributed by atoms with van der Waals surface area (Å²) >= 11 is 0. The molecule has 1 aliphatic heterocycles. The van der Waals surface area contributed by atoms with Crippen LogP contribution in [-0.2, 0) is 13.5 Å². The molecule has 1 saturated heterocycles. The number of aryl methyl sites for hydroxylation is 1. The van der Waals surface area contributed by atoms with Crippen LogP contribution in [0.3, 0.4) is 0 Å². The molecule has 0 radical (unpaired) electrons. The van der Waals surface area contributed by atoms with Gasteiger partial charge >= 0.3 is 0 Å². The maximum absolute atomic E-state index is 13.3. The highest BCUT2D eigenvalue weighted by Crippen LogP contribution is 2.27. The molecule has 2 aromatic carbocycles. The number of benzene rings is 2. The van der Waals surface area contributed by atoms with Gasteiger partial charge in [-0.25, -0.2) is 0 Å². The van der Waals surface area contributed by atoms with E-state index in [1.165, 1.54) is 22.5 Å². The monoisotopic (exact) mass is 467 g/mol. The molecule has 1 fully saturated rings. The quantitative estimate of drug-likeness (QED) is 0.461. The van der Waals surface area contributed by atoms with Crippen molar-refractivity contribution in [1.29, 1.82) is 0 Å². The fraction of sp³-hybridized carbons (Fsp3) is 0.286. The summed E-state index contributed by atoms with van der Waals surface area (Å²) in [5.41, 5.74) is 3.00. The predicted molar refractivity (Wildman–Crippen MR) is 136 cm³/mol. The molecule has 1 atom stereocenters. The van der Waals surface area contributed by atoms with Gasteiger partial charge in [0.2, 0.25) is 0 Å². The van der Waals surface area contributed by atoms with E-state index in [0.717, 1.165) is 38.8 Å². The molecule has 178 valence electrons. The Kier molecular flexibility index (Phi) is 6.57. The van der Waals surface area contributed by atoms with Crippen molar-refractivity contribution in [3.05, 3.63) is 90.0 Å². The highest BCUT2D eigenvalue weighted by molar-refractivity contribution is 6.04. The van der Waals surface area contributed by atoms with Crippen LogP contribution >= 0.6 is 0 Å². The fourth-order valence-electron chi connectivity index (χ4n) is 4.89. The number of pyridine rings is 1. The fourth-order valence-corrected chi connectivity index (χ4v) is 4.89. The molecule has 7 nitrogen and oxygen atoms in total. The number of hydrogen-bond acceptors (Lipinski definition) is 4. The van der Waals surface area contributed by atoms with Gasteiger partial charge in [-0.05, 0) is 66.8 Å². The first-order chi connectivity index (χ1) is 17.1. The third-order valence-electron chi connectivity index (χ3n) is 6.75. The van der Waals surface area contributed by atoms with E-state index in [1.807, 2.05) is 23.4 Å². The number of aromatic nitrogens is 3. The van der Waals surface area contributed by atoms with Gasteiger partial charge in [0.1, 0.15) is 0 Å². The van der Waals surface area contributed by atoms with Crippen LogP contribution in [0.15, 0.2) is 73.3 Å². The van der Waals surface area contributed by atoms with Crippen molar-refractivity contribution in [2.45, 2.75) is 25.7 Å². The van der Waals surface area contributed by atoms with Crippen molar-refractivity contribution in [3.8, 4) is 0 Å². The zero-order chi connectivity index (χ0) is 24.2. The van der Waals surface area contributed by atoms with Crippen LogP contribution in [0.1, 0.15) is 45.5 Å². The molecule has 0 spiro atoms. The van der Waals surface area contributed by atoms with E-state index < -0.39 is 0 Å². The summed E-state index contributed by atoms with van der Waals surface area (Å²) < 4.78 is 1.58. The second kappa shape index (κ2) is 10.1. The maximum Gasteiger partial charge on any atom is 0.258 e. The van der Waals surface area contributed by atoms with Gasteiger partial charge in [-0.1, -0.05) is 24.3 Å². The summed E-state index contributed by atoms with van der Waals surface area (Å²) in [6, 6.07) is 15.7. The smallest absolute Gasteiger partial charge is 0.258 e. The first kappa shape index (κ1) is 22.8. The molecule has 5 rings (SSSR count). The maximum atomic E-state index is 13.3. The number of rotatable bonds is 5. The Morgan fingerprint density at radius 1 is 1.03 bits per heavy atom. The molecule has 2 aromatic heterocycles. The number of likely N-dealkylation sites (tertiary alicyclic amines) is 1. The molecule has 4 aromatic rings. The minimum atomic E-state index is -0.246. The number of carbonyl (C=O) groups is 2. The topological polar surface area (TPSA) is 80.1 Å². The number of nitrogens with zero attached hydrogens (tertiary/aromatic N) is 4. The zero-order valence-electron chi connectivity index (χ0n) is 19.9. The Morgan fingerprint density at radius 3 is 2.77 bits per heavy atom. The number of fused-ring (bicyclic) bond motifs is 1. The third-order valence-corrected chi connectivity index (χ3v) is 6.75. The van der Waals surface area contributed by atoms with E-state index >= 15 is 0 Å². The molecule has 1 N–H and O–H groups in total. The van der Waals surface area contributed by atoms with E-state index in [-0.39, 0.29) is 11.8 Å². The van der Waals surface area contributed by atoms with Gasteiger partial charge in [-0.2, -0.15) is 5.10 Å².